The minimum atomic E-state index is -0.00714. The van der Waals surface area contributed by atoms with Gasteiger partial charge in [0.05, 0.1) is 0 Å². The Kier molecular flexibility index (Phi) is 6.92. The Balaban J connectivity index is 1.20. The minimum Gasteiger partial charge on any atom is -0.506 e. The van der Waals surface area contributed by atoms with Crippen LogP contribution in [0.2, 0.25) is 0 Å². The second kappa shape index (κ2) is 10.2. The number of hydrogen-bond acceptors (Lipinski definition) is 6. The third-order valence-corrected chi connectivity index (χ3v) is 7.89. The summed E-state index contributed by atoms with van der Waals surface area (Å²) in [5, 5.41) is 14.3. The number of nitrogens with zero attached hydrogens (tertiary/aromatic N) is 3. The van der Waals surface area contributed by atoms with E-state index in [1.807, 2.05) is 36.0 Å². The highest BCUT2D eigenvalue weighted by Gasteiger charge is 2.26. The maximum Gasteiger partial charge on any atom is 0.227 e. The fourth-order valence-corrected chi connectivity index (χ4v) is 5.80. The van der Waals surface area contributed by atoms with Crippen molar-refractivity contribution in [3.05, 3.63) is 59.7 Å². The topological polar surface area (TPSA) is 68.7 Å². The summed E-state index contributed by atoms with van der Waals surface area (Å²) in [5.74, 6) is 3.55. The Morgan fingerprint density at radius 1 is 1.09 bits per heavy atom. The molecule has 3 heterocycles. The molecule has 0 aliphatic carbocycles. The predicted octanol–water partition coefficient (Wildman–Crippen LogP) is 4.65. The van der Waals surface area contributed by atoms with Crippen LogP contribution in [-0.4, -0.2) is 58.6 Å². The van der Waals surface area contributed by atoms with Crippen LogP contribution >= 0.6 is 11.8 Å². The number of aryl methyl sites for hydroxylation is 1. The SMILES string of the molecule is Cc1ccc(CN2CCSCC2)cc1NC(=O)C1CCN(c2ccc3cccc(O)c3n2)CC1. The first-order valence-electron chi connectivity index (χ1n) is 12.1. The van der Waals surface area contributed by atoms with Crippen molar-refractivity contribution in [3.63, 3.8) is 0 Å². The Labute approximate surface area is 205 Å². The van der Waals surface area contributed by atoms with Gasteiger partial charge in [-0.05, 0) is 55.2 Å². The number of aromatic nitrogens is 1. The molecule has 1 amide bonds. The lowest BCUT2D eigenvalue weighted by atomic mass is 9.95. The van der Waals surface area contributed by atoms with Crippen molar-refractivity contribution in [2.24, 2.45) is 5.92 Å². The van der Waals surface area contributed by atoms with Crippen LogP contribution in [0.15, 0.2) is 48.5 Å². The van der Waals surface area contributed by atoms with Gasteiger partial charge in [0.2, 0.25) is 5.91 Å². The number of amides is 1. The average Bonchev–Trinajstić information content (AvgIpc) is 2.87. The van der Waals surface area contributed by atoms with Gasteiger partial charge >= 0.3 is 0 Å². The highest BCUT2D eigenvalue weighted by Crippen LogP contribution is 2.29. The monoisotopic (exact) mass is 476 g/mol. The first-order chi connectivity index (χ1) is 16.6. The van der Waals surface area contributed by atoms with E-state index >= 15 is 0 Å². The van der Waals surface area contributed by atoms with Crippen LogP contribution in [0.25, 0.3) is 10.9 Å². The number of phenols is 1. The third kappa shape index (κ3) is 5.15. The standard InChI is InChI=1S/C27H32N4O2S/c1-19-5-6-20(18-30-13-15-34-16-14-30)17-23(19)28-27(33)22-9-11-31(12-10-22)25-8-7-21-3-2-4-24(32)26(21)29-25/h2-8,17,22,32H,9-16,18H2,1H3,(H,28,33). The lowest BCUT2D eigenvalue weighted by Gasteiger charge is -2.32. The van der Waals surface area contributed by atoms with Crippen LogP contribution in [0.1, 0.15) is 24.0 Å². The first-order valence-corrected chi connectivity index (χ1v) is 13.3. The molecule has 2 saturated heterocycles. The summed E-state index contributed by atoms with van der Waals surface area (Å²) in [6, 6.07) is 15.9. The molecule has 0 saturated carbocycles. The van der Waals surface area contributed by atoms with Gasteiger partial charge in [0, 0.05) is 61.2 Å². The minimum absolute atomic E-state index is 0.00714. The van der Waals surface area contributed by atoms with E-state index in [1.165, 1.54) is 17.1 Å². The van der Waals surface area contributed by atoms with Crippen molar-refractivity contribution < 1.29 is 9.90 Å². The molecule has 2 aliphatic heterocycles. The normalized spacial score (nSPS) is 17.7. The van der Waals surface area contributed by atoms with Gasteiger partial charge in [-0.2, -0.15) is 11.8 Å². The number of nitrogens with one attached hydrogen (secondary N) is 1. The molecular formula is C27H32N4O2S. The Morgan fingerprint density at radius 2 is 1.88 bits per heavy atom. The van der Waals surface area contributed by atoms with Gasteiger partial charge in [-0.25, -0.2) is 4.98 Å². The summed E-state index contributed by atoms with van der Waals surface area (Å²) in [4.78, 5) is 22.5. The number of pyridine rings is 1. The molecule has 0 bridgehead atoms. The predicted molar refractivity (Wildman–Crippen MR) is 141 cm³/mol. The van der Waals surface area contributed by atoms with Gasteiger partial charge in [0.25, 0.3) is 0 Å². The van der Waals surface area contributed by atoms with Gasteiger partial charge in [-0.1, -0.05) is 24.3 Å². The third-order valence-electron chi connectivity index (χ3n) is 6.94. The molecule has 34 heavy (non-hydrogen) atoms. The molecule has 3 aromatic rings. The van der Waals surface area contributed by atoms with Gasteiger partial charge in [-0.3, -0.25) is 9.69 Å². The fourth-order valence-electron chi connectivity index (χ4n) is 4.82. The fraction of sp³-hybridized carbons (Fsp3) is 0.407. The van der Waals surface area contributed by atoms with Gasteiger partial charge in [0.15, 0.2) is 0 Å². The van der Waals surface area contributed by atoms with Gasteiger partial charge in [0.1, 0.15) is 17.1 Å². The number of phenolic OH excluding ortho intramolecular Hbond substituents is 1. The lowest BCUT2D eigenvalue weighted by molar-refractivity contribution is -0.120. The Morgan fingerprint density at radius 3 is 2.68 bits per heavy atom. The molecule has 2 N–H and O–H groups in total. The van der Waals surface area contributed by atoms with Gasteiger partial charge < -0.3 is 15.3 Å². The zero-order valence-corrected chi connectivity index (χ0v) is 20.5. The lowest BCUT2D eigenvalue weighted by Crippen LogP contribution is -2.38. The van der Waals surface area contributed by atoms with Crippen LogP contribution in [0, 0.1) is 12.8 Å². The smallest absolute Gasteiger partial charge is 0.227 e. The van der Waals surface area contributed by atoms with Crippen molar-refractivity contribution in [1.82, 2.24) is 9.88 Å². The van der Waals surface area contributed by atoms with Crippen molar-refractivity contribution in [1.29, 1.82) is 0 Å². The molecule has 7 heteroatoms. The number of benzene rings is 2. The van der Waals surface area contributed by atoms with Crippen LogP contribution < -0.4 is 10.2 Å². The van der Waals surface area contributed by atoms with Crippen LogP contribution in [0.4, 0.5) is 11.5 Å². The van der Waals surface area contributed by atoms with Crippen molar-refractivity contribution in [3.8, 4) is 5.75 Å². The maximum atomic E-state index is 13.1. The molecule has 0 atom stereocenters. The number of carbonyl (C=O) groups excluding carboxylic acids is 1. The number of thioether (sulfide) groups is 1. The zero-order chi connectivity index (χ0) is 23.5. The highest BCUT2D eigenvalue weighted by molar-refractivity contribution is 7.99. The van der Waals surface area contributed by atoms with Crippen molar-refractivity contribution in [2.45, 2.75) is 26.3 Å². The van der Waals surface area contributed by atoms with E-state index in [-0.39, 0.29) is 17.6 Å². The molecule has 0 spiro atoms. The van der Waals surface area contributed by atoms with E-state index in [0.717, 1.165) is 68.0 Å². The van der Waals surface area contributed by atoms with E-state index in [9.17, 15) is 9.90 Å². The molecule has 0 radical (unpaired) electrons. The second-order valence-corrected chi connectivity index (χ2v) is 10.5. The van der Waals surface area contributed by atoms with E-state index in [4.69, 9.17) is 0 Å². The second-order valence-electron chi connectivity index (χ2n) is 9.31. The molecule has 0 unspecified atom stereocenters. The summed E-state index contributed by atoms with van der Waals surface area (Å²) in [7, 11) is 0. The summed E-state index contributed by atoms with van der Waals surface area (Å²) in [6.07, 6.45) is 1.58. The summed E-state index contributed by atoms with van der Waals surface area (Å²) >= 11 is 2.02. The number of carbonyl (C=O) groups is 1. The summed E-state index contributed by atoms with van der Waals surface area (Å²) in [5.41, 5.74) is 3.92. The van der Waals surface area contributed by atoms with E-state index in [0.29, 0.717) is 5.52 Å². The van der Waals surface area contributed by atoms with Crippen molar-refractivity contribution >= 4 is 40.1 Å². The first kappa shape index (κ1) is 23.0. The zero-order valence-electron chi connectivity index (χ0n) is 19.7. The maximum absolute atomic E-state index is 13.1. The van der Waals surface area contributed by atoms with Crippen LogP contribution in [0.5, 0.6) is 5.75 Å². The number of hydrogen-bond donors (Lipinski definition) is 2. The Hall–Kier alpha value is -2.77. The number of piperidine rings is 1. The summed E-state index contributed by atoms with van der Waals surface area (Å²) < 4.78 is 0. The Bertz CT molecular complexity index is 1170. The highest BCUT2D eigenvalue weighted by atomic mass is 32.2. The largest absolute Gasteiger partial charge is 0.506 e. The molecule has 1 aromatic heterocycles. The van der Waals surface area contributed by atoms with Crippen LogP contribution in [-0.2, 0) is 11.3 Å². The molecule has 2 aliphatic rings. The molecule has 178 valence electrons. The number of rotatable bonds is 5. The summed E-state index contributed by atoms with van der Waals surface area (Å²) in [6.45, 7) is 6.80. The number of fused-ring (bicyclic) bond motifs is 1. The van der Waals surface area contributed by atoms with Crippen LogP contribution in [0.3, 0.4) is 0 Å². The molecule has 6 nitrogen and oxygen atoms in total. The molecular weight excluding hydrogens is 444 g/mol. The molecule has 2 aromatic carbocycles. The molecule has 2 fully saturated rings. The quantitative estimate of drug-likeness (QED) is 0.559. The van der Waals surface area contributed by atoms with E-state index in [2.05, 4.69) is 45.2 Å². The number of para-hydroxylation sites is 1. The van der Waals surface area contributed by atoms with E-state index < -0.39 is 0 Å². The number of anilines is 2. The van der Waals surface area contributed by atoms with E-state index in [1.54, 1.807) is 6.07 Å². The average molecular weight is 477 g/mol. The van der Waals surface area contributed by atoms with Gasteiger partial charge in [-0.15, -0.1) is 0 Å². The molecule has 5 rings (SSSR count). The number of aromatic hydroxyl groups is 1. The van der Waals surface area contributed by atoms with Crippen molar-refractivity contribution in [2.75, 3.05) is 47.9 Å².